The van der Waals surface area contributed by atoms with Gasteiger partial charge in [0.15, 0.2) is 6.19 Å². The van der Waals surface area contributed by atoms with Crippen molar-refractivity contribution in [3.63, 3.8) is 0 Å². The maximum Gasteiger partial charge on any atom is 0.264 e. The van der Waals surface area contributed by atoms with Crippen LogP contribution in [0.2, 0.25) is 0 Å². The first-order valence-electron chi connectivity index (χ1n) is 9.24. The van der Waals surface area contributed by atoms with E-state index in [0.29, 0.717) is 16.6 Å². The van der Waals surface area contributed by atoms with Gasteiger partial charge >= 0.3 is 0 Å². The van der Waals surface area contributed by atoms with Crippen LogP contribution in [-0.4, -0.2) is 25.4 Å². The zero-order chi connectivity index (χ0) is 20.1. The van der Waals surface area contributed by atoms with Crippen LogP contribution < -0.4 is 5.32 Å². The highest BCUT2D eigenvalue weighted by Crippen LogP contribution is 2.21. The van der Waals surface area contributed by atoms with Gasteiger partial charge in [-0.3, -0.25) is 15.1 Å². The van der Waals surface area contributed by atoms with Crippen molar-refractivity contribution in [1.82, 2.24) is 24.8 Å². The van der Waals surface area contributed by atoms with Crippen molar-refractivity contribution in [3.8, 4) is 17.5 Å². The van der Waals surface area contributed by atoms with Crippen LogP contribution in [0.3, 0.4) is 0 Å². The Hall–Kier alpha value is -4.05. The molecule has 0 spiro atoms. The van der Waals surface area contributed by atoms with Crippen LogP contribution in [0.5, 0.6) is 0 Å². The number of carbonyl (C=O) groups is 1. The summed E-state index contributed by atoms with van der Waals surface area (Å²) in [4.78, 5) is 25.0. The molecule has 2 aromatic carbocycles. The minimum Gasteiger partial charge on any atom is -0.337 e. The number of rotatable bonds is 6. The number of nitriles is 1. The van der Waals surface area contributed by atoms with E-state index in [0.717, 1.165) is 30.6 Å². The topological polar surface area (TPSA) is 96.5 Å². The lowest BCUT2D eigenvalue weighted by Crippen LogP contribution is -2.17. The molecular formula is C22H18N6O. The van der Waals surface area contributed by atoms with Gasteiger partial charge in [0.25, 0.3) is 5.91 Å². The van der Waals surface area contributed by atoms with Gasteiger partial charge in [0.1, 0.15) is 0 Å². The zero-order valence-corrected chi connectivity index (χ0v) is 15.6. The third-order valence-corrected chi connectivity index (χ3v) is 4.66. The lowest BCUT2D eigenvalue weighted by Gasteiger charge is -2.06. The first-order chi connectivity index (χ1) is 14.2. The zero-order valence-electron chi connectivity index (χ0n) is 15.6. The highest BCUT2D eigenvalue weighted by atomic mass is 16.1. The fourth-order valence-corrected chi connectivity index (χ4v) is 3.14. The highest BCUT2D eigenvalue weighted by Gasteiger charge is 2.08. The summed E-state index contributed by atoms with van der Waals surface area (Å²) in [6.07, 6.45) is 11.0. The third kappa shape index (κ3) is 4.28. The number of benzene rings is 2. The first-order valence-corrected chi connectivity index (χ1v) is 9.24. The summed E-state index contributed by atoms with van der Waals surface area (Å²) in [5.41, 5.74) is 4.64. The van der Waals surface area contributed by atoms with Crippen LogP contribution in [-0.2, 0) is 13.0 Å². The van der Waals surface area contributed by atoms with E-state index < -0.39 is 5.91 Å². The number of aryl methyl sites for hydroxylation is 2. The second kappa shape index (κ2) is 8.31. The van der Waals surface area contributed by atoms with E-state index in [2.05, 4.69) is 37.0 Å². The largest absolute Gasteiger partial charge is 0.337 e. The van der Waals surface area contributed by atoms with E-state index in [1.807, 2.05) is 24.7 Å². The minimum atomic E-state index is -0.457. The van der Waals surface area contributed by atoms with Crippen LogP contribution in [0.1, 0.15) is 22.3 Å². The summed E-state index contributed by atoms with van der Waals surface area (Å²) in [6, 6.07) is 13.3. The third-order valence-electron chi connectivity index (χ3n) is 4.66. The monoisotopic (exact) mass is 382 g/mol. The van der Waals surface area contributed by atoms with E-state index >= 15 is 0 Å². The normalized spacial score (nSPS) is 10.6. The maximum absolute atomic E-state index is 11.9. The molecule has 1 amide bonds. The summed E-state index contributed by atoms with van der Waals surface area (Å²) in [5.74, 6) is -0.457. The Morgan fingerprint density at radius 2 is 2.00 bits per heavy atom. The summed E-state index contributed by atoms with van der Waals surface area (Å²) < 4.78 is 2.07. The lowest BCUT2D eigenvalue weighted by atomic mass is 10.1. The van der Waals surface area contributed by atoms with E-state index in [9.17, 15) is 4.79 Å². The van der Waals surface area contributed by atoms with Gasteiger partial charge < -0.3 is 4.57 Å². The quantitative estimate of drug-likeness (QED) is 0.407. The molecule has 0 aliphatic carbocycles. The van der Waals surface area contributed by atoms with Crippen molar-refractivity contribution < 1.29 is 4.79 Å². The predicted octanol–water partition coefficient (Wildman–Crippen LogP) is 3.34. The Morgan fingerprint density at radius 1 is 1.14 bits per heavy atom. The van der Waals surface area contributed by atoms with Gasteiger partial charge in [0.2, 0.25) is 0 Å². The van der Waals surface area contributed by atoms with E-state index in [-0.39, 0.29) is 0 Å². The number of aromatic nitrogens is 4. The molecule has 0 saturated heterocycles. The van der Waals surface area contributed by atoms with Crippen molar-refractivity contribution in [2.75, 3.05) is 0 Å². The molecule has 2 aromatic heterocycles. The molecule has 0 aliphatic heterocycles. The van der Waals surface area contributed by atoms with Gasteiger partial charge in [-0.1, -0.05) is 24.3 Å². The van der Waals surface area contributed by atoms with Gasteiger partial charge in [0, 0.05) is 30.1 Å². The predicted molar refractivity (Wildman–Crippen MR) is 109 cm³/mol. The van der Waals surface area contributed by atoms with Crippen molar-refractivity contribution in [2.45, 2.75) is 19.4 Å². The summed E-state index contributed by atoms with van der Waals surface area (Å²) >= 11 is 0. The maximum atomic E-state index is 11.9. The summed E-state index contributed by atoms with van der Waals surface area (Å²) in [6.45, 7) is 0.944. The van der Waals surface area contributed by atoms with Crippen molar-refractivity contribution >= 4 is 16.9 Å². The molecule has 1 N–H and O–H groups in total. The van der Waals surface area contributed by atoms with Gasteiger partial charge in [-0.2, -0.15) is 5.26 Å². The Labute approximate surface area is 167 Å². The molecule has 0 unspecified atom stereocenters. The molecule has 4 aromatic rings. The van der Waals surface area contributed by atoms with Crippen LogP contribution >= 0.6 is 0 Å². The molecule has 0 atom stereocenters. The van der Waals surface area contributed by atoms with E-state index in [1.54, 1.807) is 36.8 Å². The Bertz CT molecular complexity index is 1180. The Kier molecular flexibility index (Phi) is 5.25. The SMILES string of the molecule is N#CNC(=O)c1ccc2ncc(-c3ccc(CCCn4ccnc4)cc3)nc2c1. The van der Waals surface area contributed by atoms with Crippen LogP contribution in [0.4, 0.5) is 0 Å². The van der Waals surface area contributed by atoms with Crippen molar-refractivity contribution in [1.29, 1.82) is 5.26 Å². The van der Waals surface area contributed by atoms with Gasteiger partial charge in [-0.05, 0) is 36.6 Å². The molecule has 0 saturated carbocycles. The number of fused-ring (bicyclic) bond motifs is 1. The number of hydrogen-bond acceptors (Lipinski definition) is 5. The molecule has 0 bridgehead atoms. The highest BCUT2D eigenvalue weighted by molar-refractivity contribution is 5.98. The summed E-state index contributed by atoms with van der Waals surface area (Å²) in [5, 5.41) is 10.7. The molecule has 0 radical (unpaired) electrons. The van der Waals surface area contributed by atoms with Crippen LogP contribution in [0.25, 0.3) is 22.3 Å². The number of imidazole rings is 1. The van der Waals surface area contributed by atoms with Gasteiger partial charge in [-0.15, -0.1) is 0 Å². The number of carbonyl (C=O) groups excluding carboxylic acids is 1. The number of nitrogens with one attached hydrogen (secondary N) is 1. The lowest BCUT2D eigenvalue weighted by molar-refractivity contribution is 0.0973. The molecule has 0 fully saturated rings. The smallest absolute Gasteiger partial charge is 0.264 e. The van der Waals surface area contributed by atoms with Crippen molar-refractivity contribution in [3.05, 3.63) is 78.5 Å². The second-order valence-corrected chi connectivity index (χ2v) is 6.63. The molecule has 4 rings (SSSR count). The van der Waals surface area contributed by atoms with Crippen LogP contribution in [0, 0.1) is 11.5 Å². The molecule has 7 heteroatoms. The van der Waals surface area contributed by atoms with E-state index in [1.165, 1.54) is 5.56 Å². The fourth-order valence-electron chi connectivity index (χ4n) is 3.14. The Balaban J connectivity index is 1.49. The molecular weight excluding hydrogens is 364 g/mol. The van der Waals surface area contributed by atoms with Crippen molar-refractivity contribution in [2.24, 2.45) is 0 Å². The molecule has 7 nitrogen and oxygen atoms in total. The molecule has 0 aliphatic rings. The molecule has 29 heavy (non-hydrogen) atoms. The van der Waals surface area contributed by atoms with E-state index in [4.69, 9.17) is 5.26 Å². The second-order valence-electron chi connectivity index (χ2n) is 6.63. The molecule has 2 heterocycles. The average Bonchev–Trinajstić information content (AvgIpc) is 3.27. The standard InChI is InChI=1S/C22H18N6O/c23-14-26-22(29)18-7-8-19-20(12-18)27-21(13-25-19)17-5-3-16(4-6-17)2-1-10-28-11-9-24-15-28/h3-9,11-13,15H,1-2,10H2,(H,26,29). The Morgan fingerprint density at radius 3 is 2.76 bits per heavy atom. The first kappa shape index (κ1) is 18.3. The fraction of sp³-hybridized carbons (Fsp3) is 0.136. The number of hydrogen-bond donors (Lipinski definition) is 1. The van der Waals surface area contributed by atoms with Gasteiger partial charge in [-0.25, -0.2) is 9.97 Å². The van der Waals surface area contributed by atoms with Gasteiger partial charge in [0.05, 0.1) is 29.3 Å². The number of nitrogens with zero attached hydrogens (tertiary/aromatic N) is 5. The average molecular weight is 382 g/mol. The molecule has 142 valence electrons. The number of amides is 1. The minimum absolute atomic E-state index is 0.374. The summed E-state index contributed by atoms with van der Waals surface area (Å²) in [7, 11) is 0. The van der Waals surface area contributed by atoms with Crippen LogP contribution in [0.15, 0.2) is 67.4 Å².